The number of H-pyrrole nitrogens is 1. The number of hydrogen-bond donors (Lipinski definition) is 5. The van der Waals surface area contributed by atoms with E-state index in [0.717, 1.165) is 0 Å². The summed E-state index contributed by atoms with van der Waals surface area (Å²) in [6.45, 7) is -0.449. The number of nitrogens with two attached hydrogens (primary N) is 2. The van der Waals surface area contributed by atoms with Crippen LogP contribution in [0.1, 0.15) is 16.1 Å². The van der Waals surface area contributed by atoms with Crippen molar-refractivity contribution in [3.63, 3.8) is 0 Å². The summed E-state index contributed by atoms with van der Waals surface area (Å²) in [6.07, 6.45) is 1.23. The van der Waals surface area contributed by atoms with Crippen LogP contribution in [0, 0.1) is 0 Å². The van der Waals surface area contributed by atoms with Gasteiger partial charge >= 0.3 is 0 Å². The molecule has 0 fully saturated rings. The molecule has 0 radical (unpaired) electrons. The molecule has 0 bridgehead atoms. The van der Waals surface area contributed by atoms with Crippen molar-refractivity contribution in [2.45, 2.75) is 6.61 Å². The highest BCUT2D eigenvalue weighted by Gasteiger charge is 2.12. The first-order valence-electron chi connectivity index (χ1n) is 5.52. The average Bonchev–Trinajstić information content (AvgIpc) is 2.40. The Morgan fingerprint density at radius 3 is 2.75 bits per heavy atom. The molecule has 0 unspecified atom stereocenters. The summed E-state index contributed by atoms with van der Waals surface area (Å²) in [5, 5.41) is 11.9. The van der Waals surface area contributed by atoms with E-state index in [-0.39, 0.29) is 22.8 Å². The van der Waals surface area contributed by atoms with E-state index < -0.39 is 18.1 Å². The van der Waals surface area contributed by atoms with Crippen molar-refractivity contribution in [2.75, 3.05) is 11.1 Å². The minimum absolute atomic E-state index is 0.0946. The van der Waals surface area contributed by atoms with Crippen LogP contribution in [0.3, 0.4) is 0 Å². The van der Waals surface area contributed by atoms with Gasteiger partial charge in [0.15, 0.2) is 0 Å². The number of primary amides is 1. The number of amides is 1. The Bertz CT molecular complexity index is 712. The molecule has 104 valence electrons. The second-order valence-corrected chi connectivity index (χ2v) is 3.89. The summed E-state index contributed by atoms with van der Waals surface area (Å²) in [5.74, 6) is -0.294. The molecule has 2 aromatic rings. The Balaban J connectivity index is 2.43. The third-order valence-electron chi connectivity index (χ3n) is 2.49. The third-order valence-corrected chi connectivity index (χ3v) is 2.49. The Morgan fingerprint density at radius 1 is 1.40 bits per heavy atom. The third kappa shape index (κ3) is 2.72. The molecule has 0 atom stereocenters. The first-order valence-corrected chi connectivity index (χ1v) is 5.52. The maximum Gasteiger partial charge on any atom is 0.272 e. The van der Waals surface area contributed by atoms with Crippen LogP contribution in [0.25, 0.3) is 0 Å². The Kier molecular flexibility index (Phi) is 3.62. The highest BCUT2D eigenvalue weighted by molar-refractivity contribution is 5.92. The predicted molar refractivity (Wildman–Crippen MR) is 71.2 cm³/mol. The highest BCUT2D eigenvalue weighted by Crippen LogP contribution is 2.14. The largest absolute Gasteiger partial charge is 0.392 e. The number of rotatable bonds is 4. The summed E-state index contributed by atoms with van der Waals surface area (Å²) < 4.78 is 0. The zero-order valence-corrected chi connectivity index (χ0v) is 10.3. The number of aromatic nitrogens is 3. The van der Waals surface area contributed by atoms with Crippen LogP contribution in [0.5, 0.6) is 0 Å². The molecule has 2 heterocycles. The molecular weight excluding hydrogens is 264 g/mol. The van der Waals surface area contributed by atoms with Gasteiger partial charge in [-0.1, -0.05) is 0 Å². The molecule has 0 aliphatic carbocycles. The van der Waals surface area contributed by atoms with Crippen molar-refractivity contribution in [1.29, 1.82) is 0 Å². The van der Waals surface area contributed by atoms with Crippen molar-refractivity contribution in [3.05, 3.63) is 40.1 Å². The zero-order chi connectivity index (χ0) is 14.7. The van der Waals surface area contributed by atoms with Gasteiger partial charge in [-0.2, -0.15) is 0 Å². The van der Waals surface area contributed by atoms with Gasteiger partial charge in [0.05, 0.1) is 6.61 Å². The summed E-state index contributed by atoms with van der Waals surface area (Å²) in [7, 11) is 0. The molecule has 9 nitrogen and oxygen atoms in total. The van der Waals surface area contributed by atoms with Gasteiger partial charge in [-0.3, -0.25) is 9.59 Å². The minimum Gasteiger partial charge on any atom is -0.392 e. The predicted octanol–water partition coefficient (Wildman–Crippen LogP) is -0.918. The molecular formula is C11H12N6O3. The van der Waals surface area contributed by atoms with E-state index >= 15 is 0 Å². The first-order chi connectivity index (χ1) is 9.51. The maximum atomic E-state index is 11.8. The van der Waals surface area contributed by atoms with Crippen LogP contribution < -0.4 is 22.3 Å². The summed E-state index contributed by atoms with van der Waals surface area (Å²) in [4.78, 5) is 32.8. The van der Waals surface area contributed by atoms with Crippen LogP contribution in [0.2, 0.25) is 0 Å². The standard InChI is InChI=1S/C11H12N6O3/c12-7-2-8(15-4-14-7)16-6-1-5(3-18)9(10(13)19)17-11(6)20/h1-2,4,18H,3H2,(H2,13,19)(H,17,20)(H3,12,14,15,16). The number of anilines is 3. The normalized spacial score (nSPS) is 10.2. The van der Waals surface area contributed by atoms with E-state index in [0.29, 0.717) is 5.82 Å². The molecule has 0 saturated heterocycles. The number of carbonyl (C=O) groups is 1. The molecule has 0 spiro atoms. The Hall–Kier alpha value is -2.94. The fourth-order valence-electron chi connectivity index (χ4n) is 1.59. The SMILES string of the molecule is NC(=O)c1[nH]c(=O)c(Nc2cc(N)ncn2)cc1CO. The second kappa shape index (κ2) is 5.36. The molecule has 0 aliphatic rings. The van der Waals surface area contributed by atoms with E-state index in [2.05, 4.69) is 20.3 Å². The molecule has 0 saturated carbocycles. The number of nitrogens with zero attached hydrogens (tertiary/aromatic N) is 2. The van der Waals surface area contributed by atoms with E-state index in [4.69, 9.17) is 11.5 Å². The molecule has 2 aromatic heterocycles. The van der Waals surface area contributed by atoms with Crippen molar-refractivity contribution >= 4 is 23.2 Å². The van der Waals surface area contributed by atoms with Crippen molar-refractivity contribution < 1.29 is 9.90 Å². The van der Waals surface area contributed by atoms with Crippen molar-refractivity contribution in [3.8, 4) is 0 Å². The van der Waals surface area contributed by atoms with Gasteiger partial charge in [-0.05, 0) is 6.07 Å². The maximum absolute atomic E-state index is 11.8. The number of nitrogens with one attached hydrogen (secondary N) is 2. The van der Waals surface area contributed by atoms with Gasteiger partial charge in [-0.25, -0.2) is 9.97 Å². The molecule has 0 aromatic carbocycles. The van der Waals surface area contributed by atoms with Gasteiger partial charge in [0.1, 0.15) is 29.3 Å². The van der Waals surface area contributed by atoms with Gasteiger partial charge in [0, 0.05) is 11.6 Å². The molecule has 7 N–H and O–H groups in total. The summed E-state index contributed by atoms with van der Waals surface area (Å²) >= 11 is 0. The number of hydrogen-bond acceptors (Lipinski definition) is 7. The van der Waals surface area contributed by atoms with Crippen LogP contribution in [0.4, 0.5) is 17.3 Å². The summed E-state index contributed by atoms with van der Waals surface area (Å²) in [6, 6.07) is 2.75. The van der Waals surface area contributed by atoms with E-state index in [1.807, 2.05) is 0 Å². The lowest BCUT2D eigenvalue weighted by molar-refractivity contribution is 0.0992. The Labute approximate surface area is 112 Å². The second-order valence-electron chi connectivity index (χ2n) is 3.89. The minimum atomic E-state index is -0.830. The van der Waals surface area contributed by atoms with Crippen molar-refractivity contribution in [1.82, 2.24) is 15.0 Å². The van der Waals surface area contributed by atoms with Gasteiger partial charge in [0.25, 0.3) is 11.5 Å². The molecule has 0 aliphatic heterocycles. The number of aliphatic hydroxyl groups is 1. The van der Waals surface area contributed by atoms with E-state index in [1.165, 1.54) is 18.5 Å². The average molecular weight is 276 g/mol. The number of aliphatic hydroxyl groups excluding tert-OH is 1. The molecule has 9 heteroatoms. The van der Waals surface area contributed by atoms with E-state index in [9.17, 15) is 14.7 Å². The number of carbonyl (C=O) groups excluding carboxylic acids is 1. The highest BCUT2D eigenvalue weighted by atomic mass is 16.3. The van der Waals surface area contributed by atoms with Gasteiger partial charge in [0.2, 0.25) is 0 Å². The lowest BCUT2D eigenvalue weighted by Gasteiger charge is -2.09. The summed E-state index contributed by atoms with van der Waals surface area (Å²) in [5.41, 5.74) is 10.2. The fraction of sp³-hybridized carbons (Fsp3) is 0.0909. The van der Waals surface area contributed by atoms with Crippen molar-refractivity contribution in [2.24, 2.45) is 5.73 Å². The van der Waals surface area contributed by atoms with Crippen LogP contribution in [-0.4, -0.2) is 26.0 Å². The number of aromatic amines is 1. The van der Waals surface area contributed by atoms with Gasteiger partial charge < -0.3 is 26.9 Å². The number of nitrogen functional groups attached to an aromatic ring is 1. The monoisotopic (exact) mass is 276 g/mol. The van der Waals surface area contributed by atoms with Crippen LogP contribution >= 0.6 is 0 Å². The Morgan fingerprint density at radius 2 is 2.15 bits per heavy atom. The molecule has 2 rings (SSSR count). The van der Waals surface area contributed by atoms with Gasteiger partial charge in [-0.15, -0.1) is 0 Å². The number of pyridine rings is 1. The smallest absolute Gasteiger partial charge is 0.272 e. The lowest BCUT2D eigenvalue weighted by Crippen LogP contribution is -2.23. The zero-order valence-electron chi connectivity index (χ0n) is 10.3. The fourth-order valence-corrected chi connectivity index (χ4v) is 1.59. The lowest BCUT2D eigenvalue weighted by atomic mass is 10.2. The molecule has 20 heavy (non-hydrogen) atoms. The topological polar surface area (TPSA) is 160 Å². The molecule has 1 amide bonds. The first kappa shape index (κ1) is 13.5. The van der Waals surface area contributed by atoms with Crippen LogP contribution in [-0.2, 0) is 6.61 Å². The quantitative estimate of drug-likeness (QED) is 0.482. The van der Waals surface area contributed by atoms with E-state index in [1.54, 1.807) is 0 Å². The van der Waals surface area contributed by atoms with Crippen LogP contribution in [0.15, 0.2) is 23.3 Å².